The molecule has 0 spiro atoms. The molecule has 3 heterocycles. The quantitative estimate of drug-likeness (QED) is 0.718. The van der Waals surface area contributed by atoms with Crippen molar-refractivity contribution in [3.8, 4) is 11.3 Å². The summed E-state index contributed by atoms with van der Waals surface area (Å²) in [5.41, 5.74) is 7.28. The molecule has 100 valence electrons. The predicted molar refractivity (Wildman–Crippen MR) is 72.2 cm³/mol. The topological polar surface area (TPSA) is 95.3 Å². The van der Waals surface area contributed by atoms with E-state index < -0.39 is 5.91 Å². The number of nitrogens with two attached hydrogens (primary N) is 1. The van der Waals surface area contributed by atoms with Crippen LogP contribution in [-0.4, -0.2) is 24.8 Å². The third kappa shape index (κ3) is 1.95. The Bertz CT molecular complexity index is 878. The van der Waals surface area contributed by atoms with Gasteiger partial charge in [-0.25, -0.2) is 4.98 Å². The summed E-state index contributed by atoms with van der Waals surface area (Å²) in [6.07, 6.45) is 6.52. The van der Waals surface area contributed by atoms with Crippen LogP contribution in [0.15, 0.2) is 41.7 Å². The molecule has 0 aromatic carbocycles. The minimum Gasteiger partial charge on any atom is -0.364 e. The second-order valence-electron chi connectivity index (χ2n) is 4.40. The average molecular weight is 269 g/mol. The van der Waals surface area contributed by atoms with Crippen molar-refractivity contribution < 1.29 is 4.79 Å². The minimum absolute atomic E-state index is 0.0894. The van der Waals surface area contributed by atoms with Crippen molar-refractivity contribution in [1.82, 2.24) is 18.9 Å². The standard InChI is InChI=1S/C13H11N5O2/c1-17-5-8(2-3-12(17)19)9-6-18-7-10(13(14)20)16-11(18)4-15-9/h2-7H,1H3,(H2,14,20). The second-order valence-corrected chi connectivity index (χ2v) is 4.40. The minimum atomic E-state index is -0.586. The molecule has 0 radical (unpaired) electrons. The highest BCUT2D eigenvalue weighted by Gasteiger charge is 2.08. The Labute approximate surface area is 113 Å². The highest BCUT2D eigenvalue weighted by molar-refractivity contribution is 5.91. The number of carbonyl (C=O) groups is 1. The first-order chi connectivity index (χ1) is 9.54. The molecule has 0 fully saturated rings. The summed E-state index contributed by atoms with van der Waals surface area (Å²) in [5.74, 6) is -0.586. The Balaban J connectivity index is 2.14. The summed E-state index contributed by atoms with van der Waals surface area (Å²) in [6.45, 7) is 0. The highest BCUT2D eigenvalue weighted by atomic mass is 16.1. The molecule has 3 aromatic rings. The molecule has 0 unspecified atom stereocenters. The van der Waals surface area contributed by atoms with Crippen molar-refractivity contribution in [1.29, 1.82) is 0 Å². The lowest BCUT2D eigenvalue weighted by atomic mass is 10.2. The van der Waals surface area contributed by atoms with E-state index in [0.717, 1.165) is 5.56 Å². The predicted octanol–water partition coefficient (Wildman–Crippen LogP) is 0.194. The fourth-order valence-corrected chi connectivity index (χ4v) is 1.91. The Morgan fingerprint density at radius 1 is 1.25 bits per heavy atom. The van der Waals surface area contributed by atoms with Gasteiger partial charge in [0.1, 0.15) is 5.69 Å². The second kappa shape index (κ2) is 4.30. The van der Waals surface area contributed by atoms with Gasteiger partial charge in [0.2, 0.25) is 5.56 Å². The molecule has 0 bridgehead atoms. The first kappa shape index (κ1) is 12.1. The number of primary amides is 1. The Morgan fingerprint density at radius 2 is 2.05 bits per heavy atom. The smallest absolute Gasteiger partial charge is 0.268 e. The monoisotopic (exact) mass is 269 g/mol. The van der Waals surface area contributed by atoms with E-state index >= 15 is 0 Å². The molecule has 20 heavy (non-hydrogen) atoms. The van der Waals surface area contributed by atoms with Crippen molar-refractivity contribution >= 4 is 11.6 Å². The van der Waals surface area contributed by atoms with Crippen molar-refractivity contribution in [2.24, 2.45) is 12.8 Å². The molecule has 0 saturated heterocycles. The number of imidazole rings is 1. The normalized spacial score (nSPS) is 10.8. The summed E-state index contributed by atoms with van der Waals surface area (Å²) in [4.78, 5) is 30.8. The number of nitrogens with zero attached hydrogens (tertiary/aromatic N) is 4. The lowest BCUT2D eigenvalue weighted by Gasteiger charge is -2.03. The molecule has 0 atom stereocenters. The molecule has 1 amide bonds. The van der Waals surface area contributed by atoms with Crippen LogP contribution in [0.3, 0.4) is 0 Å². The van der Waals surface area contributed by atoms with Gasteiger partial charge >= 0.3 is 0 Å². The van der Waals surface area contributed by atoms with Crippen LogP contribution in [0.2, 0.25) is 0 Å². The van der Waals surface area contributed by atoms with Gasteiger partial charge in [0.25, 0.3) is 5.91 Å². The van der Waals surface area contributed by atoms with Crippen LogP contribution in [0.1, 0.15) is 10.5 Å². The van der Waals surface area contributed by atoms with Crippen molar-refractivity contribution in [3.05, 3.63) is 53.0 Å². The molecule has 3 aromatic heterocycles. The van der Waals surface area contributed by atoms with Gasteiger partial charge in [-0.1, -0.05) is 0 Å². The highest BCUT2D eigenvalue weighted by Crippen LogP contribution is 2.15. The van der Waals surface area contributed by atoms with Crippen LogP contribution in [-0.2, 0) is 7.05 Å². The fourth-order valence-electron chi connectivity index (χ4n) is 1.91. The first-order valence-corrected chi connectivity index (χ1v) is 5.86. The van der Waals surface area contributed by atoms with Gasteiger partial charge in [-0.3, -0.25) is 14.6 Å². The van der Waals surface area contributed by atoms with Crippen molar-refractivity contribution in [2.45, 2.75) is 0 Å². The van der Waals surface area contributed by atoms with Crippen LogP contribution >= 0.6 is 0 Å². The molecule has 0 aliphatic rings. The summed E-state index contributed by atoms with van der Waals surface area (Å²) in [5, 5.41) is 0. The molecule has 0 aliphatic heterocycles. The van der Waals surface area contributed by atoms with Gasteiger partial charge in [0.05, 0.1) is 11.9 Å². The Hall–Kier alpha value is -2.96. The molecular formula is C13H11N5O2. The summed E-state index contributed by atoms with van der Waals surface area (Å²) < 4.78 is 3.15. The van der Waals surface area contributed by atoms with Crippen LogP contribution in [0.25, 0.3) is 16.9 Å². The zero-order chi connectivity index (χ0) is 14.3. The van der Waals surface area contributed by atoms with E-state index in [1.807, 2.05) is 0 Å². The van der Waals surface area contributed by atoms with Crippen LogP contribution in [0.5, 0.6) is 0 Å². The molecule has 0 aliphatic carbocycles. The van der Waals surface area contributed by atoms with E-state index in [1.165, 1.54) is 10.6 Å². The number of rotatable bonds is 2. The third-order valence-electron chi connectivity index (χ3n) is 2.98. The Morgan fingerprint density at radius 3 is 2.75 bits per heavy atom. The molecule has 7 heteroatoms. The van der Waals surface area contributed by atoms with E-state index in [4.69, 9.17) is 5.73 Å². The third-order valence-corrected chi connectivity index (χ3v) is 2.98. The Kier molecular flexibility index (Phi) is 2.60. The van der Waals surface area contributed by atoms with Crippen molar-refractivity contribution in [3.63, 3.8) is 0 Å². The van der Waals surface area contributed by atoms with Gasteiger partial charge in [-0.05, 0) is 6.07 Å². The average Bonchev–Trinajstić information content (AvgIpc) is 2.85. The lowest BCUT2D eigenvalue weighted by molar-refractivity contribution is 0.0996. The number of hydrogen-bond donors (Lipinski definition) is 1. The number of carbonyl (C=O) groups excluding carboxylic acids is 1. The summed E-state index contributed by atoms with van der Waals surface area (Å²) in [7, 11) is 1.67. The first-order valence-electron chi connectivity index (χ1n) is 5.86. The maximum absolute atomic E-state index is 11.4. The fraction of sp³-hybridized carbons (Fsp3) is 0.0769. The number of aryl methyl sites for hydroxylation is 1. The number of aromatic nitrogens is 4. The van der Waals surface area contributed by atoms with Crippen LogP contribution < -0.4 is 11.3 Å². The zero-order valence-electron chi connectivity index (χ0n) is 10.6. The van der Waals surface area contributed by atoms with Gasteiger partial charge < -0.3 is 14.7 Å². The number of pyridine rings is 1. The molecule has 0 saturated carbocycles. The largest absolute Gasteiger partial charge is 0.364 e. The number of fused-ring (bicyclic) bond motifs is 1. The van der Waals surface area contributed by atoms with E-state index in [1.54, 1.807) is 42.3 Å². The molecular weight excluding hydrogens is 258 g/mol. The zero-order valence-corrected chi connectivity index (χ0v) is 10.6. The summed E-state index contributed by atoms with van der Waals surface area (Å²) >= 11 is 0. The molecule has 2 N–H and O–H groups in total. The van der Waals surface area contributed by atoms with Gasteiger partial charge in [-0.15, -0.1) is 0 Å². The van der Waals surface area contributed by atoms with Crippen LogP contribution in [0, 0.1) is 0 Å². The van der Waals surface area contributed by atoms with E-state index in [2.05, 4.69) is 9.97 Å². The summed E-state index contributed by atoms with van der Waals surface area (Å²) in [6, 6.07) is 3.17. The van der Waals surface area contributed by atoms with Gasteiger partial charge in [0, 0.05) is 37.3 Å². The van der Waals surface area contributed by atoms with E-state index in [-0.39, 0.29) is 11.3 Å². The SMILES string of the molecule is Cn1cc(-c2cn3cc(C(N)=O)nc3cn2)ccc1=O. The maximum Gasteiger partial charge on any atom is 0.268 e. The van der Waals surface area contributed by atoms with Crippen LogP contribution in [0.4, 0.5) is 0 Å². The van der Waals surface area contributed by atoms with Gasteiger partial charge in [-0.2, -0.15) is 0 Å². The molecule has 7 nitrogen and oxygen atoms in total. The van der Waals surface area contributed by atoms with E-state index in [9.17, 15) is 9.59 Å². The van der Waals surface area contributed by atoms with Crippen molar-refractivity contribution in [2.75, 3.05) is 0 Å². The van der Waals surface area contributed by atoms with Gasteiger partial charge in [0.15, 0.2) is 5.65 Å². The number of amides is 1. The lowest BCUT2D eigenvalue weighted by Crippen LogP contribution is -2.14. The maximum atomic E-state index is 11.4. The molecule has 3 rings (SSSR count). The number of hydrogen-bond acceptors (Lipinski definition) is 4. The van der Waals surface area contributed by atoms with E-state index in [0.29, 0.717) is 11.3 Å².